The van der Waals surface area contributed by atoms with Crippen LogP contribution in [0.15, 0.2) is 42.5 Å². The number of amides is 1. The van der Waals surface area contributed by atoms with Gasteiger partial charge >= 0.3 is 0 Å². The van der Waals surface area contributed by atoms with E-state index in [2.05, 4.69) is 10.2 Å². The zero-order valence-corrected chi connectivity index (χ0v) is 15.3. The van der Waals surface area contributed by atoms with Gasteiger partial charge < -0.3 is 10.1 Å². The molecule has 2 aromatic rings. The molecule has 0 radical (unpaired) electrons. The van der Waals surface area contributed by atoms with Crippen molar-refractivity contribution in [1.82, 2.24) is 4.90 Å². The predicted octanol–water partition coefficient (Wildman–Crippen LogP) is 3.82. The highest BCUT2D eigenvalue weighted by Gasteiger charge is 2.30. The molecule has 1 amide bonds. The normalized spacial score (nSPS) is 13.3. The van der Waals surface area contributed by atoms with E-state index in [-0.39, 0.29) is 5.91 Å². The Bertz CT molecular complexity index is 826. The highest BCUT2D eigenvalue weighted by Crippen LogP contribution is 2.28. The van der Waals surface area contributed by atoms with E-state index in [1.807, 2.05) is 30.3 Å². The summed E-state index contributed by atoms with van der Waals surface area (Å²) in [6.07, 6.45) is 2.23. The summed E-state index contributed by atoms with van der Waals surface area (Å²) in [6.45, 7) is 1.03. The third kappa shape index (κ3) is 4.75. The lowest BCUT2D eigenvalue weighted by Gasteiger charge is -2.21. The molecule has 0 unspecified atom stereocenters. The molecule has 0 spiro atoms. The fourth-order valence-electron chi connectivity index (χ4n) is 2.79. The second-order valence-corrected chi connectivity index (χ2v) is 6.75. The maximum Gasteiger partial charge on any atom is 0.238 e. The van der Waals surface area contributed by atoms with Crippen molar-refractivity contribution in [2.45, 2.75) is 25.4 Å². The van der Waals surface area contributed by atoms with Crippen molar-refractivity contribution in [1.29, 1.82) is 5.26 Å². The van der Waals surface area contributed by atoms with E-state index in [4.69, 9.17) is 21.6 Å². The number of benzene rings is 2. The molecule has 1 aliphatic rings. The van der Waals surface area contributed by atoms with Crippen molar-refractivity contribution in [3.05, 3.63) is 58.6 Å². The number of nitriles is 1. The average molecular weight is 370 g/mol. The number of ether oxygens (including phenoxy) is 1. The van der Waals surface area contributed by atoms with Gasteiger partial charge in [-0.05, 0) is 48.7 Å². The number of carbonyl (C=O) groups excluding carboxylic acids is 1. The number of nitrogens with zero attached hydrogens (tertiary/aromatic N) is 2. The van der Waals surface area contributed by atoms with Crippen LogP contribution >= 0.6 is 11.6 Å². The summed E-state index contributed by atoms with van der Waals surface area (Å²) in [5.74, 6) is 0.730. The van der Waals surface area contributed by atoms with Gasteiger partial charge in [-0.25, -0.2) is 0 Å². The zero-order valence-electron chi connectivity index (χ0n) is 14.5. The summed E-state index contributed by atoms with van der Waals surface area (Å²) in [6, 6.07) is 15.2. The summed E-state index contributed by atoms with van der Waals surface area (Å²) in [5, 5.41) is 12.1. The first-order chi connectivity index (χ1) is 12.6. The fourth-order valence-corrected chi connectivity index (χ4v) is 3.01. The van der Waals surface area contributed by atoms with Gasteiger partial charge in [-0.1, -0.05) is 23.7 Å². The highest BCUT2D eigenvalue weighted by molar-refractivity contribution is 6.32. The van der Waals surface area contributed by atoms with E-state index in [0.29, 0.717) is 28.9 Å². The van der Waals surface area contributed by atoms with Crippen LogP contribution in [0, 0.1) is 11.3 Å². The lowest BCUT2D eigenvalue weighted by molar-refractivity contribution is -0.117. The fraction of sp³-hybridized carbons (Fsp3) is 0.300. The van der Waals surface area contributed by atoms with Gasteiger partial charge in [0.25, 0.3) is 0 Å². The summed E-state index contributed by atoms with van der Waals surface area (Å²) < 4.78 is 5.18. The Morgan fingerprint density at radius 1 is 1.31 bits per heavy atom. The van der Waals surface area contributed by atoms with Crippen LogP contribution in [0.25, 0.3) is 0 Å². The van der Waals surface area contributed by atoms with Crippen molar-refractivity contribution in [2.24, 2.45) is 0 Å². The van der Waals surface area contributed by atoms with Crippen LogP contribution in [-0.4, -0.2) is 30.5 Å². The molecule has 0 bridgehead atoms. The molecule has 3 rings (SSSR count). The number of hydrogen-bond donors (Lipinski definition) is 1. The summed E-state index contributed by atoms with van der Waals surface area (Å²) in [5.41, 5.74) is 2.13. The molecule has 134 valence electrons. The quantitative estimate of drug-likeness (QED) is 0.805. The topological polar surface area (TPSA) is 65.4 Å². The third-order valence-electron chi connectivity index (χ3n) is 4.33. The van der Waals surface area contributed by atoms with Crippen LogP contribution in [0.1, 0.15) is 24.0 Å². The van der Waals surface area contributed by atoms with Crippen molar-refractivity contribution < 1.29 is 9.53 Å². The maximum atomic E-state index is 12.4. The van der Waals surface area contributed by atoms with E-state index in [9.17, 15) is 4.79 Å². The summed E-state index contributed by atoms with van der Waals surface area (Å²) in [4.78, 5) is 14.6. The van der Waals surface area contributed by atoms with Crippen LogP contribution in [0.2, 0.25) is 5.02 Å². The predicted molar refractivity (Wildman–Crippen MR) is 101 cm³/mol. The van der Waals surface area contributed by atoms with E-state index < -0.39 is 0 Å². The van der Waals surface area contributed by atoms with Gasteiger partial charge in [0.2, 0.25) is 5.91 Å². The van der Waals surface area contributed by atoms with Crippen molar-refractivity contribution in [3.63, 3.8) is 0 Å². The second-order valence-electron chi connectivity index (χ2n) is 6.34. The lowest BCUT2D eigenvalue weighted by atomic mass is 10.2. The summed E-state index contributed by atoms with van der Waals surface area (Å²) >= 11 is 6.02. The van der Waals surface area contributed by atoms with Crippen LogP contribution in [0.3, 0.4) is 0 Å². The minimum absolute atomic E-state index is 0.0915. The van der Waals surface area contributed by atoms with Gasteiger partial charge in [-0.3, -0.25) is 9.69 Å². The number of halogens is 1. The SMILES string of the molecule is COc1ccc(CN(CC(=O)Nc2ccc(C#N)c(Cl)c2)C2CC2)cc1. The Morgan fingerprint density at radius 2 is 2.04 bits per heavy atom. The molecule has 0 heterocycles. The minimum Gasteiger partial charge on any atom is -0.497 e. The molecule has 5 nitrogen and oxygen atoms in total. The zero-order chi connectivity index (χ0) is 18.5. The smallest absolute Gasteiger partial charge is 0.238 e. The first kappa shape index (κ1) is 18.2. The molecular formula is C20H20ClN3O2. The molecule has 1 N–H and O–H groups in total. The Hall–Kier alpha value is -2.55. The molecule has 6 heteroatoms. The summed E-state index contributed by atoms with van der Waals surface area (Å²) in [7, 11) is 1.64. The maximum absolute atomic E-state index is 12.4. The Balaban J connectivity index is 1.61. The number of rotatable bonds is 7. The third-order valence-corrected chi connectivity index (χ3v) is 4.64. The molecule has 0 aliphatic heterocycles. The lowest BCUT2D eigenvalue weighted by Crippen LogP contribution is -2.34. The average Bonchev–Trinajstić information content (AvgIpc) is 3.47. The van der Waals surface area contributed by atoms with Gasteiger partial charge in [0.05, 0.1) is 24.2 Å². The first-order valence-electron chi connectivity index (χ1n) is 8.45. The van der Waals surface area contributed by atoms with Gasteiger partial charge in [-0.15, -0.1) is 0 Å². The van der Waals surface area contributed by atoms with Crippen LogP contribution in [-0.2, 0) is 11.3 Å². The molecule has 1 fully saturated rings. The first-order valence-corrected chi connectivity index (χ1v) is 8.83. The molecule has 1 saturated carbocycles. The van der Waals surface area contributed by atoms with E-state index in [1.54, 1.807) is 25.3 Å². The Kier molecular flexibility index (Phi) is 5.77. The molecule has 0 atom stereocenters. The monoisotopic (exact) mass is 369 g/mol. The Morgan fingerprint density at radius 3 is 2.62 bits per heavy atom. The number of hydrogen-bond acceptors (Lipinski definition) is 4. The minimum atomic E-state index is -0.0915. The molecule has 1 aliphatic carbocycles. The Labute approximate surface area is 158 Å². The number of anilines is 1. The largest absolute Gasteiger partial charge is 0.497 e. The van der Waals surface area contributed by atoms with Crippen LogP contribution < -0.4 is 10.1 Å². The molecular weight excluding hydrogens is 350 g/mol. The van der Waals surface area contributed by atoms with Crippen molar-refractivity contribution >= 4 is 23.2 Å². The van der Waals surface area contributed by atoms with E-state index in [0.717, 1.165) is 30.7 Å². The van der Waals surface area contributed by atoms with Gasteiger partial charge in [0.15, 0.2) is 0 Å². The molecule has 26 heavy (non-hydrogen) atoms. The van der Waals surface area contributed by atoms with Crippen molar-refractivity contribution in [2.75, 3.05) is 19.0 Å². The molecule has 0 aromatic heterocycles. The van der Waals surface area contributed by atoms with E-state index >= 15 is 0 Å². The van der Waals surface area contributed by atoms with Gasteiger partial charge in [0.1, 0.15) is 11.8 Å². The second kappa shape index (κ2) is 8.22. The number of methoxy groups -OCH3 is 1. The molecule has 2 aromatic carbocycles. The van der Waals surface area contributed by atoms with Crippen molar-refractivity contribution in [3.8, 4) is 11.8 Å². The van der Waals surface area contributed by atoms with Crippen LogP contribution in [0.5, 0.6) is 5.75 Å². The molecule has 0 saturated heterocycles. The highest BCUT2D eigenvalue weighted by atomic mass is 35.5. The van der Waals surface area contributed by atoms with Gasteiger partial charge in [0, 0.05) is 18.3 Å². The standard InChI is InChI=1S/C20H20ClN3O2/c1-26-18-8-2-14(3-9-18)12-24(17-6-7-17)13-20(25)23-16-5-4-15(11-22)19(21)10-16/h2-5,8-10,17H,6-7,12-13H2,1H3,(H,23,25). The number of nitrogens with one attached hydrogen (secondary N) is 1. The number of carbonyl (C=O) groups is 1. The van der Waals surface area contributed by atoms with Crippen LogP contribution in [0.4, 0.5) is 5.69 Å². The van der Waals surface area contributed by atoms with E-state index in [1.165, 1.54) is 0 Å². The van der Waals surface area contributed by atoms with Gasteiger partial charge in [-0.2, -0.15) is 5.26 Å².